The maximum absolute atomic E-state index is 6.12. The predicted octanol–water partition coefficient (Wildman–Crippen LogP) is 5.39. The van der Waals surface area contributed by atoms with E-state index >= 15 is 0 Å². The number of ether oxygens (including phenoxy) is 2. The van der Waals surface area contributed by atoms with Crippen molar-refractivity contribution in [3.8, 4) is 28.6 Å². The van der Waals surface area contributed by atoms with Gasteiger partial charge in [0.1, 0.15) is 11.5 Å². The molecule has 3 aromatic heterocycles. The summed E-state index contributed by atoms with van der Waals surface area (Å²) in [5.74, 6) is 1.77. The number of imidazole rings is 1. The molecule has 5 rings (SSSR count). The Morgan fingerprint density at radius 3 is 2.38 bits per heavy atom. The molecule has 0 amide bonds. The van der Waals surface area contributed by atoms with Crippen LogP contribution in [0.15, 0.2) is 79.3 Å². The molecule has 0 unspecified atom stereocenters. The number of benzene rings is 2. The summed E-state index contributed by atoms with van der Waals surface area (Å²) in [6.07, 6.45) is 3.47. The molecule has 7 nitrogen and oxygen atoms in total. The first-order valence-electron chi connectivity index (χ1n) is 9.90. The van der Waals surface area contributed by atoms with Gasteiger partial charge in [-0.3, -0.25) is 4.98 Å². The van der Waals surface area contributed by atoms with E-state index in [2.05, 4.69) is 19.9 Å². The Hall–Kier alpha value is -3.97. The van der Waals surface area contributed by atoms with Crippen LogP contribution in [0.1, 0.15) is 5.56 Å². The number of hydrogen-bond acceptors (Lipinski definition) is 6. The maximum Gasteiger partial charge on any atom is 0.250 e. The number of fused-ring (bicyclic) bond motifs is 1. The van der Waals surface area contributed by atoms with Gasteiger partial charge in [0.2, 0.25) is 11.2 Å². The number of pyridine rings is 1. The molecule has 0 aliphatic carbocycles. The van der Waals surface area contributed by atoms with Gasteiger partial charge in [-0.1, -0.05) is 18.2 Å². The van der Waals surface area contributed by atoms with Crippen molar-refractivity contribution in [1.29, 1.82) is 0 Å². The topological polar surface area (TPSA) is 75.0 Å². The molecule has 0 N–H and O–H groups in total. The third-order valence-electron chi connectivity index (χ3n) is 4.95. The summed E-state index contributed by atoms with van der Waals surface area (Å²) < 4.78 is 13.3. The lowest BCUT2D eigenvalue weighted by Gasteiger charge is -2.10. The van der Waals surface area contributed by atoms with Crippen molar-refractivity contribution >= 4 is 22.8 Å². The van der Waals surface area contributed by atoms with Gasteiger partial charge in [0.25, 0.3) is 0 Å². The zero-order valence-electron chi connectivity index (χ0n) is 17.1. The molecule has 0 radical (unpaired) electrons. The van der Waals surface area contributed by atoms with Gasteiger partial charge >= 0.3 is 0 Å². The minimum absolute atomic E-state index is 0.0762. The van der Waals surface area contributed by atoms with Gasteiger partial charge < -0.3 is 14.0 Å². The highest BCUT2D eigenvalue weighted by molar-refractivity contribution is 6.28. The fourth-order valence-corrected chi connectivity index (χ4v) is 3.54. The van der Waals surface area contributed by atoms with Crippen molar-refractivity contribution in [3.63, 3.8) is 0 Å². The minimum Gasteiger partial charge on any atom is -0.497 e. The van der Waals surface area contributed by atoms with Crippen molar-refractivity contribution < 1.29 is 9.47 Å². The van der Waals surface area contributed by atoms with Crippen LogP contribution >= 0.6 is 11.6 Å². The lowest BCUT2D eigenvalue weighted by molar-refractivity contribution is 0.414. The minimum atomic E-state index is 0.0762. The fraction of sp³-hybridized carbons (Fsp3) is 0.0833. The average Bonchev–Trinajstić information content (AvgIpc) is 3.23. The van der Waals surface area contributed by atoms with E-state index < -0.39 is 0 Å². The van der Waals surface area contributed by atoms with Crippen LogP contribution in [0, 0.1) is 0 Å². The SMILES string of the molecule is COc1ccc(Cn2cnc3nc(Cl)nc(Oc4ccc(-c5ccccn5)cc4)c32)cc1. The smallest absolute Gasteiger partial charge is 0.250 e. The van der Waals surface area contributed by atoms with Crippen molar-refractivity contribution in [3.05, 3.63) is 90.1 Å². The normalized spacial score (nSPS) is 10.9. The molecule has 8 heteroatoms. The summed E-state index contributed by atoms with van der Waals surface area (Å²) in [5.41, 5.74) is 4.10. The molecule has 0 bridgehead atoms. The zero-order chi connectivity index (χ0) is 21.9. The second kappa shape index (κ2) is 8.64. The van der Waals surface area contributed by atoms with Crippen LogP contribution in [0.3, 0.4) is 0 Å². The van der Waals surface area contributed by atoms with Gasteiger partial charge in [0, 0.05) is 18.3 Å². The molecule has 0 aliphatic rings. The van der Waals surface area contributed by atoms with E-state index in [0.29, 0.717) is 29.3 Å². The van der Waals surface area contributed by atoms with Gasteiger partial charge in [-0.2, -0.15) is 9.97 Å². The van der Waals surface area contributed by atoms with Crippen LogP contribution in [0.5, 0.6) is 17.4 Å². The standard InChI is InChI=1S/C24H18ClN5O2/c1-31-18-9-5-16(6-10-18)14-30-15-27-22-21(30)23(29-24(25)28-22)32-19-11-7-17(8-12-19)20-4-2-3-13-26-20/h2-13,15H,14H2,1H3. The summed E-state index contributed by atoms with van der Waals surface area (Å²) in [6.45, 7) is 0.570. The number of hydrogen-bond donors (Lipinski definition) is 0. The molecule has 0 atom stereocenters. The van der Waals surface area contributed by atoms with Crippen LogP contribution in [0.25, 0.3) is 22.4 Å². The number of nitrogens with zero attached hydrogens (tertiary/aromatic N) is 5. The highest BCUT2D eigenvalue weighted by Crippen LogP contribution is 2.30. The first-order chi connectivity index (χ1) is 15.7. The van der Waals surface area contributed by atoms with Gasteiger partial charge in [-0.15, -0.1) is 0 Å². The first kappa shape index (κ1) is 20.0. The maximum atomic E-state index is 6.12. The Kier molecular flexibility index (Phi) is 5.39. The predicted molar refractivity (Wildman–Crippen MR) is 122 cm³/mol. The molecule has 158 valence electrons. The largest absolute Gasteiger partial charge is 0.497 e. The second-order valence-corrected chi connectivity index (χ2v) is 7.37. The lowest BCUT2D eigenvalue weighted by atomic mass is 10.1. The van der Waals surface area contributed by atoms with E-state index in [0.717, 1.165) is 22.6 Å². The Morgan fingerprint density at radius 1 is 0.875 bits per heavy atom. The molecular weight excluding hydrogens is 426 g/mol. The molecule has 32 heavy (non-hydrogen) atoms. The molecule has 0 fully saturated rings. The number of halogens is 1. The van der Waals surface area contributed by atoms with Gasteiger partial charge in [0.15, 0.2) is 11.2 Å². The molecule has 2 aromatic carbocycles. The molecule has 0 saturated carbocycles. The highest BCUT2D eigenvalue weighted by Gasteiger charge is 2.16. The lowest BCUT2D eigenvalue weighted by Crippen LogP contribution is -2.01. The van der Waals surface area contributed by atoms with E-state index in [1.54, 1.807) is 19.6 Å². The van der Waals surface area contributed by atoms with Gasteiger partial charge in [-0.05, 0) is 65.7 Å². The first-order valence-corrected chi connectivity index (χ1v) is 10.3. The average molecular weight is 444 g/mol. The summed E-state index contributed by atoms with van der Waals surface area (Å²) in [4.78, 5) is 17.3. The van der Waals surface area contributed by atoms with Crippen LogP contribution < -0.4 is 9.47 Å². The number of rotatable bonds is 6. The molecule has 5 aromatic rings. The van der Waals surface area contributed by atoms with E-state index in [-0.39, 0.29) is 5.28 Å². The summed E-state index contributed by atoms with van der Waals surface area (Å²) in [6, 6.07) is 21.3. The number of aromatic nitrogens is 5. The molecular formula is C24H18ClN5O2. The molecule has 0 saturated heterocycles. The van der Waals surface area contributed by atoms with E-state index in [4.69, 9.17) is 21.1 Å². The summed E-state index contributed by atoms with van der Waals surface area (Å²) >= 11 is 6.12. The van der Waals surface area contributed by atoms with Crippen molar-refractivity contribution in [2.45, 2.75) is 6.54 Å². The Labute approximate surface area is 189 Å². The second-order valence-electron chi connectivity index (χ2n) is 7.03. The van der Waals surface area contributed by atoms with Gasteiger partial charge in [0.05, 0.1) is 19.1 Å². The monoisotopic (exact) mass is 443 g/mol. The van der Waals surface area contributed by atoms with Crippen molar-refractivity contribution in [1.82, 2.24) is 24.5 Å². The van der Waals surface area contributed by atoms with Crippen LogP contribution in [-0.4, -0.2) is 31.6 Å². The quantitative estimate of drug-likeness (QED) is 0.327. The highest BCUT2D eigenvalue weighted by atomic mass is 35.5. The van der Waals surface area contributed by atoms with E-state index in [1.165, 1.54) is 0 Å². The third kappa shape index (κ3) is 4.10. The van der Waals surface area contributed by atoms with E-state index in [9.17, 15) is 0 Å². The Bertz CT molecular complexity index is 1350. The molecule has 0 aliphatic heterocycles. The van der Waals surface area contributed by atoms with Crippen molar-refractivity contribution in [2.24, 2.45) is 0 Å². The summed E-state index contributed by atoms with van der Waals surface area (Å²) in [5, 5.41) is 0.0762. The molecule has 0 spiro atoms. The van der Waals surface area contributed by atoms with Crippen LogP contribution in [0.2, 0.25) is 5.28 Å². The third-order valence-corrected chi connectivity index (χ3v) is 5.12. The van der Waals surface area contributed by atoms with Gasteiger partial charge in [-0.25, -0.2) is 4.98 Å². The Balaban J connectivity index is 1.46. The molecule has 3 heterocycles. The van der Waals surface area contributed by atoms with Crippen LogP contribution in [0.4, 0.5) is 0 Å². The summed E-state index contributed by atoms with van der Waals surface area (Å²) in [7, 11) is 1.64. The number of methoxy groups -OCH3 is 1. The van der Waals surface area contributed by atoms with Crippen molar-refractivity contribution in [2.75, 3.05) is 7.11 Å². The Morgan fingerprint density at radius 2 is 1.66 bits per heavy atom. The van der Waals surface area contributed by atoms with E-state index in [1.807, 2.05) is 71.3 Å². The van der Waals surface area contributed by atoms with Crippen LogP contribution in [-0.2, 0) is 6.54 Å². The fourth-order valence-electron chi connectivity index (χ4n) is 3.38. The zero-order valence-corrected chi connectivity index (χ0v) is 17.9.